The lowest BCUT2D eigenvalue weighted by molar-refractivity contribution is -0.117. The van der Waals surface area contributed by atoms with Gasteiger partial charge in [-0.3, -0.25) is 14.7 Å². The third-order valence-electron chi connectivity index (χ3n) is 3.90. The minimum Gasteiger partial charge on any atom is -0.291 e. The Morgan fingerprint density at radius 2 is 2.00 bits per heavy atom. The number of thiazole rings is 1. The second kappa shape index (κ2) is 9.05. The van der Waals surface area contributed by atoms with Crippen molar-refractivity contribution in [1.82, 2.24) is 4.98 Å². The van der Waals surface area contributed by atoms with Crippen LogP contribution in [0.25, 0.3) is 0 Å². The van der Waals surface area contributed by atoms with Crippen molar-refractivity contribution < 1.29 is 13.2 Å². The molecule has 0 fully saturated rings. The molecule has 1 aromatic carbocycles. The Kier molecular flexibility index (Phi) is 7.00. The number of hydrogen-bond acceptors (Lipinski definition) is 6. The predicted octanol–water partition coefficient (Wildman–Crippen LogP) is 2.47. The van der Waals surface area contributed by atoms with Crippen molar-refractivity contribution in [3.8, 4) is 0 Å². The maximum Gasteiger partial charge on any atom is 0.249 e. The summed E-state index contributed by atoms with van der Waals surface area (Å²) in [4.78, 5) is 22.3. The van der Waals surface area contributed by atoms with Gasteiger partial charge in [0.05, 0.1) is 17.8 Å². The second-order valence-corrected chi connectivity index (χ2v) is 8.68. The maximum absolute atomic E-state index is 12.6. The number of sulfonamides is 1. The molecule has 9 heteroatoms. The molecular formula is C19H22N4O3S2. The first-order chi connectivity index (χ1) is 13.2. The summed E-state index contributed by atoms with van der Waals surface area (Å²) < 4.78 is 23.1. The number of carbonyl (C=O) groups excluding carboxylic acids is 1. The van der Waals surface area contributed by atoms with E-state index in [0.29, 0.717) is 0 Å². The number of hydrogen-bond donors (Lipinski definition) is 1. The molecule has 0 unspecified atom stereocenters. The van der Waals surface area contributed by atoms with E-state index in [9.17, 15) is 13.2 Å². The Morgan fingerprint density at radius 3 is 2.50 bits per heavy atom. The Morgan fingerprint density at radius 1 is 1.36 bits per heavy atom. The molecule has 0 saturated carbocycles. The van der Waals surface area contributed by atoms with E-state index in [0.717, 1.165) is 28.2 Å². The van der Waals surface area contributed by atoms with Crippen molar-refractivity contribution in [2.24, 2.45) is 10.1 Å². The van der Waals surface area contributed by atoms with Crippen LogP contribution in [0.3, 0.4) is 0 Å². The summed E-state index contributed by atoms with van der Waals surface area (Å²) in [6.45, 7) is 5.19. The van der Waals surface area contributed by atoms with E-state index in [4.69, 9.17) is 5.14 Å². The highest BCUT2D eigenvalue weighted by atomic mass is 32.2. The molecule has 2 rings (SSSR count). The average Bonchev–Trinajstić information content (AvgIpc) is 3.05. The highest BCUT2D eigenvalue weighted by Crippen LogP contribution is 2.28. The smallest absolute Gasteiger partial charge is 0.249 e. The molecule has 1 amide bonds. The van der Waals surface area contributed by atoms with Crippen LogP contribution in [-0.2, 0) is 21.2 Å². The topological polar surface area (TPSA) is 106 Å². The first-order valence-electron chi connectivity index (χ1n) is 8.29. The summed E-state index contributed by atoms with van der Waals surface area (Å²) in [5.74, 6) is -0.210. The number of nitrogens with zero attached hydrogens (tertiary/aromatic N) is 3. The van der Waals surface area contributed by atoms with Crippen LogP contribution >= 0.6 is 11.3 Å². The number of primary sulfonamides is 1. The maximum atomic E-state index is 12.6. The van der Waals surface area contributed by atoms with Crippen LogP contribution in [0.2, 0.25) is 0 Å². The molecule has 0 spiro atoms. The van der Waals surface area contributed by atoms with E-state index in [2.05, 4.69) is 16.6 Å². The SMILES string of the molecule is C=C/C=C\C(=NC)c1ccc(CC(=O)N(C)c2nc(C)c(S(N)(=O)=O)s2)cc1. The normalized spacial score (nSPS) is 12.4. The Hall–Kier alpha value is -2.62. The zero-order valence-electron chi connectivity index (χ0n) is 15.9. The van der Waals surface area contributed by atoms with Gasteiger partial charge in [-0.05, 0) is 24.1 Å². The van der Waals surface area contributed by atoms with Gasteiger partial charge in [-0.1, -0.05) is 54.3 Å². The zero-order chi connectivity index (χ0) is 20.9. The number of aliphatic imine (C=N–C) groups is 1. The molecule has 1 heterocycles. The largest absolute Gasteiger partial charge is 0.291 e. The predicted molar refractivity (Wildman–Crippen MR) is 114 cm³/mol. The standard InChI is InChI=1S/C19H22N4O3S2/c1-5-6-7-16(21-3)15-10-8-14(9-11-15)12-17(24)23(4)19-22-13(2)18(27-19)28(20,25)26/h5-11H,1,12H2,2-4H3,(H2,20,25,26)/b7-6-,21-16?. The summed E-state index contributed by atoms with van der Waals surface area (Å²) in [5.41, 5.74) is 2.84. The number of benzene rings is 1. The number of rotatable bonds is 7. The highest BCUT2D eigenvalue weighted by Gasteiger charge is 2.22. The second-order valence-electron chi connectivity index (χ2n) is 5.94. The van der Waals surface area contributed by atoms with Crippen molar-refractivity contribution >= 4 is 38.1 Å². The third kappa shape index (κ3) is 5.22. The van der Waals surface area contributed by atoms with Gasteiger partial charge >= 0.3 is 0 Å². The number of anilines is 1. The summed E-state index contributed by atoms with van der Waals surface area (Å²) >= 11 is 0.880. The van der Waals surface area contributed by atoms with Gasteiger partial charge in [0.15, 0.2) is 9.34 Å². The Bertz CT molecular complexity index is 1040. The highest BCUT2D eigenvalue weighted by molar-refractivity contribution is 7.91. The van der Waals surface area contributed by atoms with E-state index in [1.165, 1.54) is 4.90 Å². The molecular weight excluding hydrogens is 396 g/mol. The Labute approximate surface area is 169 Å². The van der Waals surface area contributed by atoms with Crippen molar-refractivity contribution in [1.29, 1.82) is 0 Å². The number of aryl methyl sites for hydroxylation is 1. The van der Waals surface area contributed by atoms with E-state index in [1.807, 2.05) is 30.3 Å². The molecule has 0 aliphatic carbocycles. The molecule has 148 valence electrons. The molecule has 2 aromatic rings. The lowest BCUT2D eigenvalue weighted by Gasteiger charge is -2.14. The van der Waals surface area contributed by atoms with Crippen LogP contribution in [0.15, 0.2) is 58.3 Å². The average molecular weight is 419 g/mol. The molecule has 0 aliphatic rings. The number of allylic oxidation sites excluding steroid dienone is 3. The minimum absolute atomic E-state index is 0.0366. The first kappa shape index (κ1) is 21.7. The van der Waals surface area contributed by atoms with E-state index in [1.54, 1.807) is 33.2 Å². The van der Waals surface area contributed by atoms with Crippen LogP contribution in [0.5, 0.6) is 0 Å². The Balaban J connectivity index is 2.14. The van der Waals surface area contributed by atoms with Gasteiger partial charge in [0.2, 0.25) is 15.9 Å². The monoisotopic (exact) mass is 418 g/mol. The number of nitrogens with two attached hydrogens (primary N) is 1. The molecule has 0 radical (unpaired) electrons. The van der Waals surface area contributed by atoms with Gasteiger partial charge in [-0.25, -0.2) is 18.5 Å². The van der Waals surface area contributed by atoms with E-state index < -0.39 is 10.0 Å². The summed E-state index contributed by atoms with van der Waals surface area (Å²) in [6.07, 6.45) is 5.49. The van der Waals surface area contributed by atoms with Gasteiger partial charge in [0, 0.05) is 14.1 Å². The van der Waals surface area contributed by atoms with Crippen LogP contribution in [0, 0.1) is 6.92 Å². The fraction of sp³-hybridized carbons (Fsp3) is 0.211. The van der Waals surface area contributed by atoms with Crippen molar-refractivity contribution in [3.63, 3.8) is 0 Å². The van der Waals surface area contributed by atoms with Gasteiger partial charge < -0.3 is 0 Å². The molecule has 0 saturated heterocycles. The molecule has 28 heavy (non-hydrogen) atoms. The fourth-order valence-corrected chi connectivity index (χ4v) is 4.35. The zero-order valence-corrected chi connectivity index (χ0v) is 17.5. The minimum atomic E-state index is -3.86. The lowest BCUT2D eigenvalue weighted by atomic mass is 10.0. The first-order valence-corrected chi connectivity index (χ1v) is 10.7. The van der Waals surface area contributed by atoms with Gasteiger partial charge in [0.25, 0.3) is 0 Å². The molecule has 7 nitrogen and oxygen atoms in total. The fourth-order valence-electron chi connectivity index (χ4n) is 2.43. The molecule has 2 N–H and O–H groups in total. The van der Waals surface area contributed by atoms with Crippen molar-refractivity contribution in [2.45, 2.75) is 17.6 Å². The summed E-state index contributed by atoms with van der Waals surface area (Å²) in [7, 11) is -0.589. The van der Waals surface area contributed by atoms with Crippen LogP contribution < -0.4 is 10.0 Å². The number of aromatic nitrogens is 1. The van der Waals surface area contributed by atoms with Crippen molar-refractivity contribution in [3.05, 3.63) is 65.9 Å². The lowest BCUT2D eigenvalue weighted by Crippen LogP contribution is -2.27. The molecule has 0 bridgehead atoms. The van der Waals surface area contributed by atoms with Crippen LogP contribution in [0.4, 0.5) is 5.13 Å². The number of likely N-dealkylation sites (N-methyl/N-ethyl adjacent to an activating group) is 1. The van der Waals surface area contributed by atoms with Gasteiger partial charge in [-0.2, -0.15) is 0 Å². The summed E-state index contributed by atoms with van der Waals surface area (Å²) in [5, 5.41) is 5.46. The third-order valence-corrected chi connectivity index (χ3v) is 6.69. The molecule has 1 aromatic heterocycles. The van der Waals surface area contributed by atoms with E-state index >= 15 is 0 Å². The summed E-state index contributed by atoms with van der Waals surface area (Å²) in [6, 6.07) is 7.50. The van der Waals surface area contributed by atoms with Crippen LogP contribution in [-0.4, -0.2) is 39.1 Å². The van der Waals surface area contributed by atoms with Crippen molar-refractivity contribution in [2.75, 3.05) is 19.0 Å². The quantitative estimate of drug-likeness (QED) is 0.551. The van der Waals surface area contributed by atoms with Gasteiger partial charge in [0.1, 0.15) is 0 Å². The molecule has 0 atom stereocenters. The van der Waals surface area contributed by atoms with Crippen LogP contribution in [0.1, 0.15) is 16.8 Å². The van der Waals surface area contributed by atoms with Gasteiger partial charge in [-0.15, -0.1) is 0 Å². The number of amides is 1. The molecule has 0 aliphatic heterocycles. The van der Waals surface area contributed by atoms with E-state index in [-0.39, 0.29) is 27.4 Å². The number of carbonyl (C=O) groups is 1.